The maximum atomic E-state index is 13.0. The van der Waals surface area contributed by atoms with E-state index in [1.54, 1.807) is 18.3 Å². The van der Waals surface area contributed by atoms with Crippen molar-refractivity contribution in [1.82, 2.24) is 14.8 Å². The van der Waals surface area contributed by atoms with E-state index in [-0.39, 0.29) is 17.7 Å². The van der Waals surface area contributed by atoms with Crippen LogP contribution in [0.4, 0.5) is 0 Å². The van der Waals surface area contributed by atoms with Gasteiger partial charge in [0.05, 0.1) is 15.2 Å². The summed E-state index contributed by atoms with van der Waals surface area (Å²) in [7, 11) is 0. The molecule has 2 aliphatic heterocycles. The highest BCUT2D eigenvalue weighted by atomic mass is 32.1. The van der Waals surface area contributed by atoms with Crippen LogP contribution in [0.25, 0.3) is 10.2 Å². The summed E-state index contributed by atoms with van der Waals surface area (Å²) < 4.78 is 1.22. The molecule has 4 rings (SSSR count). The van der Waals surface area contributed by atoms with Crippen molar-refractivity contribution >= 4 is 33.4 Å². The molecule has 2 aromatic rings. The number of benzene rings is 1. The van der Waals surface area contributed by atoms with Crippen LogP contribution in [-0.2, 0) is 9.59 Å². The van der Waals surface area contributed by atoms with E-state index in [1.807, 2.05) is 15.9 Å². The van der Waals surface area contributed by atoms with Crippen molar-refractivity contribution in [2.24, 2.45) is 5.92 Å². The lowest BCUT2D eigenvalue weighted by atomic mass is 9.92. The molecule has 0 aliphatic carbocycles. The summed E-state index contributed by atoms with van der Waals surface area (Å²) in [5.41, 5.74) is 1.06. The minimum atomic E-state index is 0.0692. The summed E-state index contributed by atoms with van der Waals surface area (Å²) in [6, 6.07) is 8.25. The van der Waals surface area contributed by atoms with E-state index >= 15 is 0 Å². The third kappa shape index (κ3) is 3.47. The van der Waals surface area contributed by atoms with Crippen LogP contribution >= 0.6 is 11.3 Å². The Labute approximate surface area is 158 Å². The first-order chi connectivity index (χ1) is 12.6. The summed E-state index contributed by atoms with van der Waals surface area (Å²) in [5.74, 6) is 0.811. The topological polar surface area (TPSA) is 53.5 Å². The number of likely N-dealkylation sites (tertiary alicyclic amines) is 2. The van der Waals surface area contributed by atoms with Crippen molar-refractivity contribution in [2.75, 3.05) is 26.2 Å². The maximum Gasteiger partial charge on any atom is 0.225 e. The lowest BCUT2D eigenvalue weighted by molar-refractivity contribution is -0.141. The zero-order valence-electron chi connectivity index (χ0n) is 15.2. The van der Waals surface area contributed by atoms with E-state index in [0.29, 0.717) is 19.0 Å². The standard InChI is InChI=1S/C20H25N3O2S/c1-14(24)22-11-8-15(9-12-22)20(25)23-10-4-5-16(13-23)19-21-17-6-2-3-7-18(17)26-19/h2-3,6-7,15-16H,4-5,8-13H2,1H3/t16-/m1/s1. The number of carbonyl (C=O) groups is 2. The molecule has 5 nitrogen and oxygen atoms in total. The first-order valence-corrected chi connectivity index (χ1v) is 10.3. The van der Waals surface area contributed by atoms with Gasteiger partial charge in [0.1, 0.15) is 0 Å². The van der Waals surface area contributed by atoms with Crippen LogP contribution in [0.15, 0.2) is 24.3 Å². The van der Waals surface area contributed by atoms with E-state index in [2.05, 4.69) is 18.2 Å². The lowest BCUT2D eigenvalue weighted by Gasteiger charge is -2.37. The highest BCUT2D eigenvalue weighted by molar-refractivity contribution is 7.18. The largest absolute Gasteiger partial charge is 0.343 e. The number of piperidine rings is 2. The van der Waals surface area contributed by atoms with Crippen LogP contribution in [0, 0.1) is 5.92 Å². The summed E-state index contributed by atoms with van der Waals surface area (Å²) in [6.07, 6.45) is 3.73. The average molecular weight is 372 g/mol. The molecular weight excluding hydrogens is 346 g/mol. The summed E-state index contributed by atoms with van der Waals surface area (Å²) in [5, 5.41) is 1.16. The monoisotopic (exact) mass is 371 g/mol. The molecule has 0 unspecified atom stereocenters. The van der Waals surface area contributed by atoms with Crippen LogP contribution in [0.5, 0.6) is 0 Å². The molecule has 1 aromatic carbocycles. The molecule has 1 atom stereocenters. The zero-order chi connectivity index (χ0) is 18.1. The highest BCUT2D eigenvalue weighted by Gasteiger charge is 2.33. The molecule has 2 amide bonds. The van der Waals surface area contributed by atoms with Crippen LogP contribution in [0.1, 0.15) is 43.5 Å². The fourth-order valence-corrected chi connectivity index (χ4v) is 5.24. The lowest BCUT2D eigenvalue weighted by Crippen LogP contribution is -2.46. The third-order valence-electron chi connectivity index (χ3n) is 5.68. The van der Waals surface area contributed by atoms with Crippen LogP contribution in [0.2, 0.25) is 0 Å². The molecule has 0 spiro atoms. The average Bonchev–Trinajstić information content (AvgIpc) is 3.12. The maximum absolute atomic E-state index is 13.0. The number of hydrogen-bond acceptors (Lipinski definition) is 4. The Morgan fingerprint density at radius 3 is 2.58 bits per heavy atom. The van der Waals surface area contributed by atoms with E-state index in [1.165, 1.54) is 4.70 Å². The number of amides is 2. The van der Waals surface area contributed by atoms with Gasteiger partial charge in [-0.05, 0) is 37.8 Å². The Hall–Kier alpha value is -1.95. The van der Waals surface area contributed by atoms with Crippen LogP contribution < -0.4 is 0 Å². The van der Waals surface area contributed by atoms with Crippen molar-refractivity contribution in [3.8, 4) is 0 Å². The van der Waals surface area contributed by atoms with Gasteiger partial charge in [-0.2, -0.15) is 0 Å². The quantitative estimate of drug-likeness (QED) is 0.814. The molecule has 0 radical (unpaired) electrons. The van der Waals surface area contributed by atoms with E-state index in [9.17, 15) is 9.59 Å². The molecule has 3 heterocycles. The molecule has 6 heteroatoms. The van der Waals surface area contributed by atoms with Crippen molar-refractivity contribution < 1.29 is 9.59 Å². The Balaban J connectivity index is 1.41. The van der Waals surface area contributed by atoms with Crippen LogP contribution in [0.3, 0.4) is 0 Å². The number of fused-ring (bicyclic) bond motifs is 1. The van der Waals surface area contributed by atoms with Crippen molar-refractivity contribution in [3.05, 3.63) is 29.3 Å². The van der Waals surface area contributed by atoms with Gasteiger partial charge in [0, 0.05) is 44.9 Å². The molecule has 2 fully saturated rings. The van der Waals surface area contributed by atoms with E-state index < -0.39 is 0 Å². The SMILES string of the molecule is CC(=O)N1CCC(C(=O)N2CCC[C@@H](c3nc4ccccc4s3)C2)CC1. The van der Waals surface area contributed by atoms with Crippen LogP contribution in [-0.4, -0.2) is 52.8 Å². The van der Waals surface area contributed by atoms with Gasteiger partial charge < -0.3 is 9.80 Å². The minimum absolute atomic E-state index is 0.0692. The molecule has 2 saturated heterocycles. The summed E-state index contributed by atoms with van der Waals surface area (Å²) in [4.78, 5) is 33.2. The van der Waals surface area contributed by atoms with Gasteiger partial charge in [-0.15, -0.1) is 11.3 Å². The highest BCUT2D eigenvalue weighted by Crippen LogP contribution is 2.34. The zero-order valence-corrected chi connectivity index (χ0v) is 16.0. The second-order valence-electron chi connectivity index (χ2n) is 7.42. The van der Waals surface area contributed by atoms with Gasteiger partial charge in [0.25, 0.3) is 0 Å². The number of aromatic nitrogens is 1. The van der Waals surface area contributed by atoms with Gasteiger partial charge in [-0.1, -0.05) is 12.1 Å². The Bertz CT molecular complexity index is 777. The first-order valence-electron chi connectivity index (χ1n) is 9.51. The normalized spacial score (nSPS) is 22.0. The van der Waals surface area contributed by atoms with E-state index in [4.69, 9.17) is 4.98 Å². The predicted octanol–water partition coefficient (Wildman–Crippen LogP) is 3.26. The molecule has 0 N–H and O–H groups in total. The van der Waals surface area contributed by atoms with Crippen molar-refractivity contribution in [3.63, 3.8) is 0 Å². The Morgan fingerprint density at radius 1 is 1.08 bits per heavy atom. The number of carbonyl (C=O) groups excluding carboxylic acids is 2. The van der Waals surface area contributed by atoms with Gasteiger partial charge in [-0.25, -0.2) is 4.98 Å². The molecular formula is C20H25N3O2S. The number of rotatable bonds is 2. The minimum Gasteiger partial charge on any atom is -0.343 e. The summed E-state index contributed by atoms with van der Waals surface area (Å²) >= 11 is 1.76. The van der Waals surface area contributed by atoms with Gasteiger partial charge >= 0.3 is 0 Å². The molecule has 0 saturated carbocycles. The molecule has 0 bridgehead atoms. The number of hydrogen-bond donors (Lipinski definition) is 0. The molecule has 2 aliphatic rings. The van der Waals surface area contributed by atoms with Gasteiger partial charge in [-0.3, -0.25) is 9.59 Å². The Morgan fingerprint density at radius 2 is 1.85 bits per heavy atom. The fraction of sp³-hybridized carbons (Fsp3) is 0.550. The van der Waals surface area contributed by atoms with E-state index in [0.717, 1.165) is 49.3 Å². The predicted molar refractivity (Wildman–Crippen MR) is 103 cm³/mol. The second kappa shape index (κ2) is 7.35. The number of nitrogens with zero attached hydrogens (tertiary/aromatic N) is 3. The van der Waals surface area contributed by atoms with Crippen molar-refractivity contribution in [1.29, 1.82) is 0 Å². The Kier molecular flexibility index (Phi) is 4.94. The third-order valence-corrected chi connectivity index (χ3v) is 6.88. The molecule has 26 heavy (non-hydrogen) atoms. The smallest absolute Gasteiger partial charge is 0.225 e. The fourth-order valence-electron chi connectivity index (χ4n) is 4.14. The van der Waals surface area contributed by atoms with Gasteiger partial charge in [0.15, 0.2) is 0 Å². The summed E-state index contributed by atoms with van der Waals surface area (Å²) in [6.45, 7) is 4.66. The van der Waals surface area contributed by atoms with Crippen molar-refractivity contribution in [2.45, 2.75) is 38.5 Å². The second-order valence-corrected chi connectivity index (χ2v) is 8.49. The number of thiazole rings is 1. The first kappa shape index (κ1) is 17.5. The van der Waals surface area contributed by atoms with Gasteiger partial charge in [0.2, 0.25) is 11.8 Å². The number of para-hydroxylation sites is 1. The molecule has 1 aromatic heterocycles. The molecule has 138 valence electrons.